The lowest BCUT2D eigenvalue weighted by molar-refractivity contribution is -0.0287. The molecule has 1 aliphatic heterocycles. The highest BCUT2D eigenvalue weighted by Gasteiger charge is 2.21. The second-order valence-electron chi connectivity index (χ2n) is 7.85. The van der Waals surface area contributed by atoms with E-state index in [9.17, 15) is 18.4 Å². The summed E-state index contributed by atoms with van der Waals surface area (Å²) in [5.41, 5.74) is 0.816. The van der Waals surface area contributed by atoms with Gasteiger partial charge in [0, 0.05) is 38.3 Å². The van der Waals surface area contributed by atoms with Gasteiger partial charge in [-0.1, -0.05) is 11.2 Å². The van der Waals surface area contributed by atoms with Gasteiger partial charge in [0.05, 0.1) is 19.3 Å². The Morgan fingerprint density at radius 3 is 2.78 bits per heavy atom. The molecule has 1 fully saturated rings. The van der Waals surface area contributed by atoms with E-state index in [1.54, 1.807) is 6.07 Å². The molecule has 0 radical (unpaired) electrons. The summed E-state index contributed by atoms with van der Waals surface area (Å²) in [6.07, 6.45) is -0.239. The van der Waals surface area contributed by atoms with Crippen LogP contribution in [0.5, 0.6) is 0 Å². The molecule has 1 saturated heterocycles. The van der Waals surface area contributed by atoms with Gasteiger partial charge < -0.3 is 25.2 Å². The lowest BCUT2D eigenvalue weighted by Gasteiger charge is -2.33. The van der Waals surface area contributed by atoms with Crippen LogP contribution < -0.4 is 16.0 Å². The molecule has 9 nitrogen and oxygen atoms in total. The first-order valence-corrected chi connectivity index (χ1v) is 10.4. The number of nitrogens with zero attached hydrogens (tertiary/aromatic N) is 2. The Balaban J connectivity index is 1.39. The van der Waals surface area contributed by atoms with E-state index in [1.807, 2.05) is 13.8 Å². The molecule has 1 aliphatic rings. The van der Waals surface area contributed by atoms with Crippen LogP contribution >= 0.6 is 0 Å². The number of carbonyl (C=O) groups is 2. The van der Waals surface area contributed by atoms with Crippen LogP contribution in [0.15, 0.2) is 28.8 Å². The van der Waals surface area contributed by atoms with Crippen molar-refractivity contribution in [3.8, 4) is 0 Å². The average molecular weight is 451 g/mol. The van der Waals surface area contributed by atoms with E-state index in [1.165, 1.54) is 12.1 Å². The van der Waals surface area contributed by atoms with Gasteiger partial charge in [-0.05, 0) is 31.5 Å². The van der Waals surface area contributed by atoms with Crippen molar-refractivity contribution in [2.75, 3.05) is 26.2 Å². The maximum absolute atomic E-state index is 13.4. The van der Waals surface area contributed by atoms with E-state index in [-0.39, 0.29) is 36.8 Å². The van der Waals surface area contributed by atoms with Gasteiger partial charge >= 0.3 is 6.03 Å². The van der Waals surface area contributed by atoms with Gasteiger partial charge in [-0.15, -0.1) is 0 Å². The van der Waals surface area contributed by atoms with Gasteiger partial charge in [0.1, 0.15) is 0 Å². The summed E-state index contributed by atoms with van der Waals surface area (Å²) in [4.78, 5) is 26.0. The normalized spacial score (nSPS) is 16.7. The number of morpholine rings is 1. The third kappa shape index (κ3) is 6.99. The average Bonchev–Trinajstić information content (AvgIpc) is 3.23. The van der Waals surface area contributed by atoms with Gasteiger partial charge in [0.2, 0.25) is 0 Å². The zero-order chi connectivity index (χ0) is 23.1. The van der Waals surface area contributed by atoms with Crippen LogP contribution in [0.4, 0.5) is 13.6 Å². The van der Waals surface area contributed by atoms with Crippen molar-refractivity contribution >= 4 is 11.9 Å². The highest BCUT2D eigenvalue weighted by molar-refractivity contribution is 5.92. The molecule has 2 heterocycles. The summed E-state index contributed by atoms with van der Waals surface area (Å²) in [6.45, 7) is 6.14. The van der Waals surface area contributed by atoms with Crippen LogP contribution in [0.1, 0.15) is 35.7 Å². The number of halogens is 2. The molecular weight excluding hydrogens is 424 g/mol. The smallest absolute Gasteiger partial charge is 0.315 e. The summed E-state index contributed by atoms with van der Waals surface area (Å²) >= 11 is 0. The second-order valence-corrected chi connectivity index (χ2v) is 7.85. The van der Waals surface area contributed by atoms with Crippen molar-refractivity contribution in [2.45, 2.75) is 39.1 Å². The van der Waals surface area contributed by atoms with Crippen LogP contribution in [0.2, 0.25) is 0 Å². The molecule has 1 aromatic carbocycles. The van der Waals surface area contributed by atoms with E-state index in [0.29, 0.717) is 37.6 Å². The number of ether oxygens (including phenoxy) is 1. The van der Waals surface area contributed by atoms with Crippen LogP contribution in [0.3, 0.4) is 0 Å². The molecule has 0 unspecified atom stereocenters. The molecule has 2 aromatic rings. The molecule has 0 bridgehead atoms. The maximum Gasteiger partial charge on any atom is 0.315 e. The number of aromatic nitrogens is 1. The number of amides is 3. The van der Waals surface area contributed by atoms with Crippen molar-refractivity contribution in [1.29, 1.82) is 0 Å². The minimum atomic E-state index is -0.871. The summed E-state index contributed by atoms with van der Waals surface area (Å²) in [5.74, 6) is -1.74. The Hall–Kier alpha value is -3.05. The number of hydrogen-bond donors (Lipinski definition) is 3. The third-order valence-electron chi connectivity index (χ3n) is 4.74. The van der Waals surface area contributed by atoms with Gasteiger partial charge in [-0.3, -0.25) is 9.69 Å². The molecule has 11 heteroatoms. The molecule has 3 N–H and O–H groups in total. The first kappa shape index (κ1) is 23.6. The first-order chi connectivity index (χ1) is 15.3. The van der Waals surface area contributed by atoms with Crippen LogP contribution in [-0.4, -0.2) is 60.4 Å². The lowest BCUT2D eigenvalue weighted by Crippen LogP contribution is -2.48. The Morgan fingerprint density at radius 2 is 2.03 bits per heavy atom. The maximum atomic E-state index is 13.4. The molecule has 174 valence electrons. The number of nitrogens with one attached hydrogen (secondary N) is 3. The highest BCUT2D eigenvalue weighted by atomic mass is 19.2. The largest absolute Gasteiger partial charge is 0.374 e. The monoisotopic (exact) mass is 451 g/mol. The van der Waals surface area contributed by atoms with Crippen LogP contribution in [-0.2, 0) is 17.8 Å². The molecular formula is C21H27F2N5O4. The van der Waals surface area contributed by atoms with E-state index < -0.39 is 17.7 Å². The Kier molecular flexibility index (Phi) is 8.12. The van der Waals surface area contributed by atoms with Gasteiger partial charge in [0.15, 0.2) is 23.1 Å². The summed E-state index contributed by atoms with van der Waals surface area (Å²) < 4.78 is 37.2. The van der Waals surface area contributed by atoms with E-state index in [2.05, 4.69) is 26.0 Å². The Bertz CT molecular complexity index is 937. The van der Waals surface area contributed by atoms with Crippen molar-refractivity contribution in [3.63, 3.8) is 0 Å². The summed E-state index contributed by atoms with van der Waals surface area (Å²) in [7, 11) is 0. The minimum absolute atomic E-state index is 0.0265. The van der Waals surface area contributed by atoms with Crippen molar-refractivity contribution < 1.29 is 27.6 Å². The fourth-order valence-corrected chi connectivity index (χ4v) is 3.22. The number of carbonyl (C=O) groups excluding carboxylic acids is 2. The van der Waals surface area contributed by atoms with Gasteiger partial charge in [-0.2, -0.15) is 0 Å². The topological polar surface area (TPSA) is 109 Å². The lowest BCUT2D eigenvalue weighted by atomic mass is 10.1. The molecule has 32 heavy (non-hydrogen) atoms. The predicted molar refractivity (Wildman–Crippen MR) is 111 cm³/mol. The SMILES string of the molecule is CC(C)NC(=O)c1cc(CNC(=O)NC[C@H]2CN(Cc3ccc(F)c(F)c3)CCO2)on1. The quantitative estimate of drug-likeness (QED) is 0.565. The first-order valence-electron chi connectivity index (χ1n) is 10.4. The number of urea groups is 1. The van der Waals surface area contributed by atoms with Crippen molar-refractivity contribution in [1.82, 2.24) is 26.0 Å². The summed E-state index contributed by atoms with van der Waals surface area (Å²) in [5, 5.41) is 11.8. The van der Waals surface area contributed by atoms with Gasteiger partial charge in [0.25, 0.3) is 5.91 Å². The molecule has 0 aliphatic carbocycles. The zero-order valence-electron chi connectivity index (χ0n) is 18.0. The number of rotatable bonds is 8. The summed E-state index contributed by atoms with van der Waals surface area (Å²) in [6, 6.07) is 4.88. The standard InChI is InChI=1S/C21H27F2N5O4/c1-13(2)26-20(29)19-8-15(32-27-19)9-24-21(30)25-10-16-12-28(5-6-31-16)11-14-3-4-17(22)18(23)7-14/h3-4,7-8,13,16H,5-6,9-12H2,1-2H3,(H,26,29)(H2,24,25,30)/t16-/m0/s1. The fraction of sp³-hybridized carbons (Fsp3) is 0.476. The number of benzene rings is 1. The van der Waals surface area contributed by atoms with E-state index >= 15 is 0 Å². The van der Waals surface area contributed by atoms with Crippen LogP contribution in [0, 0.1) is 11.6 Å². The molecule has 3 rings (SSSR count). The van der Waals surface area contributed by atoms with Gasteiger partial charge in [-0.25, -0.2) is 13.6 Å². The second kappa shape index (κ2) is 11.0. The predicted octanol–water partition coefficient (Wildman–Crippen LogP) is 1.79. The fourth-order valence-electron chi connectivity index (χ4n) is 3.22. The van der Waals surface area contributed by atoms with E-state index in [0.717, 1.165) is 6.07 Å². The Labute approximate surface area is 184 Å². The van der Waals surface area contributed by atoms with Crippen molar-refractivity contribution in [3.05, 3.63) is 52.9 Å². The number of hydrogen-bond acceptors (Lipinski definition) is 6. The third-order valence-corrected chi connectivity index (χ3v) is 4.74. The zero-order valence-corrected chi connectivity index (χ0v) is 18.0. The van der Waals surface area contributed by atoms with E-state index in [4.69, 9.17) is 9.26 Å². The molecule has 1 aromatic heterocycles. The highest BCUT2D eigenvalue weighted by Crippen LogP contribution is 2.13. The minimum Gasteiger partial charge on any atom is -0.374 e. The van der Waals surface area contributed by atoms with Crippen molar-refractivity contribution in [2.24, 2.45) is 0 Å². The Morgan fingerprint density at radius 1 is 1.22 bits per heavy atom. The molecule has 3 amide bonds. The molecule has 1 atom stereocenters. The molecule has 0 spiro atoms. The van der Waals surface area contributed by atoms with Crippen LogP contribution in [0.25, 0.3) is 0 Å². The molecule has 0 saturated carbocycles.